The summed E-state index contributed by atoms with van der Waals surface area (Å²) in [6.07, 6.45) is 2.45. The van der Waals surface area contributed by atoms with Crippen molar-refractivity contribution in [3.05, 3.63) is 15.6 Å². The molecule has 1 fully saturated rings. The van der Waals surface area contributed by atoms with Crippen LogP contribution in [0.15, 0.2) is 0 Å². The number of likely N-dealkylation sites (tertiary alicyclic amines) is 1. The maximum absolute atomic E-state index is 12.7. The maximum Gasteiger partial charge on any atom is 0.265 e. The van der Waals surface area contributed by atoms with Gasteiger partial charge in [0, 0.05) is 13.1 Å². The number of rotatable bonds is 3. The lowest BCUT2D eigenvalue weighted by molar-refractivity contribution is -0.0106. The topological polar surface area (TPSA) is 53.4 Å². The van der Waals surface area contributed by atoms with Crippen molar-refractivity contribution in [3.8, 4) is 0 Å². The zero-order chi connectivity index (χ0) is 14.9. The fraction of sp³-hybridized carbons (Fsp3) is 0.733. The van der Waals surface area contributed by atoms with Crippen molar-refractivity contribution >= 4 is 17.2 Å². The standard InChI is InChI=1S/C15H24N2O2S/c1-10(2)8-12-13(20-11(3)16-12)14(18)17-7-5-6-15(4,19)9-17/h10,19H,5-9H2,1-4H3. The van der Waals surface area contributed by atoms with Crippen LogP contribution < -0.4 is 0 Å². The van der Waals surface area contributed by atoms with Gasteiger partial charge in [-0.25, -0.2) is 4.98 Å². The molecule has 112 valence electrons. The first-order valence-electron chi connectivity index (χ1n) is 7.26. The normalized spacial score (nSPS) is 23.4. The Hall–Kier alpha value is -0.940. The summed E-state index contributed by atoms with van der Waals surface area (Å²) < 4.78 is 0. The molecule has 0 radical (unpaired) electrons. The number of aromatic nitrogens is 1. The number of aryl methyl sites for hydroxylation is 1. The highest BCUT2D eigenvalue weighted by molar-refractivity contribution is 7.13. The zero-order valence-electron chi connectivity index (χ0n) is 12.8. The first-order valence-corrected chi connectivity index (χ1v) is 8.08. The molecule has 1 unspecified atom stereocenters. The molecule has 1 aromatic rings. The van der Waals surface area contributed by atoms with Gasteiger partial charge in [-0.3, -0.25) is 4.79 Å². The van der Waals surface area contributed by atoms with Gasteiger partial charge >= 0.3 is 0 Å². The molecule has 0 saturated carbocycles. The molecule has 1 saturated heterocycles. The molecule has 4 nitrogen and oxygen atoms in total. The molecule has 1 atom stereocenters. The summed E-state index contributed by atoms with van der Waals surface area (Å²) in [7, 11) is 0. The third kappa shape index (κ3) is 3.58. The van der Waals surface area contributed by atoms with Crippen LogP contribution in [0.4, 0.5) is 0 Å². The van der Waals surface area contributed by atoms with Crippen LogP contribution in [0.1, 0.15) is 54.0 Å². The summed E-state index contributed by atoms with van der Waals surface area (Å²) in [5.41, 5.74) is 0.156. The van der Waals surface area contributed by atoms with Gasteiger partial charge in [0.15, 0.2) is 0 Å². The van der Waals surface area contributed by atoms with Crippen LogP contribution >= 0.6 is 11.3 Å². The highest BCUT2D eigenvalue weighted by Gasteiger charge is 2.33. The molecule has 1 aliphatic rings. The third-order valence-electron chi connectivity index (χ3n) is 3.56. The molecule has 1 aliphatic heterocycles. The van der Waals surface area contributed by atoms with E-state index in [1.165, 1.54) is 11.3 Å². The first kappa shape index (κ1) is 15.4. The Morgan fingerprint density at radius 3 is 2.85 bits per heavy atom. The number of aliphatic hydroxyl groups is 1. The molecule has 0 spiro atoms. The van der Waals surface area contributed by atoms with E-state index in [2.05, 4.69) is 18.8 Å². The van der Waals surface area contributed by atoms with Crippen molar-refractivity contribution < 1.29 is 9.90 Å². The Balaban J connectivity index is 2.20. The molecule has 1 aromatic heterocycles. The van der Waals surface area contributed by atoms with Crippen molar-refractivity contribution in [2.45, 2.75) is 52.6 Å². The molecule has 1 amide bonds. The molecule has 2 rings (SSSR count). The van der Waals surface area contributed by atoms with E-state index >= 15 is 0 Å². The van der Waals surface area contributed by atoms with E-state index in [-0.39, 0.29) is 5.91 Å². The van der Waals surface area contributed by atoms with Crippen LogP contribution in [0.3, 0.4) is 0 Å². The lowest BCUT2D eigenvalue weighted by atomic mass is 9.95. The quantitative estimate of drug-likeness (QED) is 0.933. The fourth-order valence-electron chi connectivity index (χ4n) is 2.70. The monoisotopic (exact) mass is 296 g/mol. The number of amides is 1. The number of hydrogen-bond donors (Lipinski definition) is 1. The molecule has 0 aromatic carbocycles. The second-order valence-electron chi connectivity index (χ2n) is 6.43. The van der Waals surface area contributed by atoms with Gasteiger partial charge in [0.25, 0.3) is 5.91 Å². The van der Waals surface area contributed by atoms with E-state index in [1.54, 1.807) is 11.8 Å². The Morgan fingerprint density at radius 2 is 2.25 bits per heavy atom. The van der Waals surface area contributed by atoms with E-state index in [0.717, 1.165) is 41.4 Å². The predicted molar refractivity (Wildman–Crippen MR) is 81.2 cm³/mol. The summed E-state index contributed by atoms with van der Waals surface area (Å²) in [5, 5.41) is 11.1. The van der Waals surface area contributed by atoms with Gasteiger partial charge in [-0.1, -0.05) is 13.8 Å². The van der Waals surface area contributed by atoms with Crippen LogP contribution in [-0.4, -0.2) is 39.6 Å². The van der Waals surface area contributed by atoms with Crippen LogP contribution in [0, 0.1) is 12.8 Å². The van der Waals surface area contributed by atoms with E-state index < -0.39 is 5.60 Å². The Labute approximate surface area is 124 Å². The van der Waals surface area contributed by atoms with Gasteiger partial charge in [0.1, 0.15) is 4.88 Å². The third-order valence-corrected chi connectivity index (χ3v) is 4.56. The van der Waals surface area contributed by atoms with Crippen LogP contribution in [-0.2, 0) is 6.42 Å². The number of piperidine rings is 1. The lowest BCUT2D eigenvalue weighted by Crippen LogP contribution is -2.48. The fourth-order valence-corrected chi connectivity index (χ4v) is 3.61. The van der Waals surface area contributed by atoms with Crippen molar-refractivity contribution in [1.29, 1.82) is 0 Å². The number of thiazole rings is 1. The van der Waals surface area contributed by atoms with Crippen molar-refractivity contribution in [3.63, 3.8) is 0 Å². The summed E-state index contributed by atoms with van der Waals surface area (Å²) in [6, 6.07) is 0. The van der Waals surface area contributed by atoms with Crippen LogP contribution in [0.25, 0.3) is 0 Å². The molecule has 1 N–H and O–H groups in total. The average molecular weight is 296 g/mol. The van der Waals surface area contributed by atoms with E-state index in [4.69, 9.17) is 0 Å². The van der Waals surface area contributed by atoms with E-state index in [9.17, 15) is 9.90 Å². The summed E-state index contributed by atoms with van der Waals surface area (Å²) >= 11 is 1.47. The SMILES string of the molecule is Cc1nc(CC(C)C)c(C(=O)N2CCCC(C)(O)C2)s1. The Kier molecular flexibility index (Phi) is 4.49. The smallest absolute Gasteiger partial charge is 0.265 e. The van der Waals surface area contributed by atoms with Crippen molar-refractivity contribution in [2.24, 2.45) is 5.92 Å². The second-order valence-corrected chi connectivity index (χ2v) is 7.64. The summed E-state index contributed by atoms with van der Waals surface area (Å²) in [6.45, 7) is 9.16. The molecule has 2 heterocycles. The number of hydrogen-bond acceptors (Lipinski definition) is 4. The molecule has 0 bridgehead atoms. The number of nitrogens with zero attached hydrogens (tertiary/aromatic N) is 2. The minimum atomic E-state index is -0.758. The lowest BCUT2D eigenvalue weighted by Gasteiger charge is -2.36. The minimum absolute atomic E-state index is 0.0335. The second kappa shape index (κ2) is 5.82. The van der Waals surface area contributed by atoms with E-state index in [0.29, 0.717) is 12.5 Å². The number of carbonyl (C=O) groups excluding carboxylic acids is 1. The highest BCUT2D eigenvalue weighted by atomic mass is 32.1. The van der Waals surface area contributed by atoms with Crippen molar-refractivity contribution in [2.75, 3.05) is 13.1 Å². The van der Waals surface area contributed by atoms with Gasteiger partial charge in [-0.2, -0.15) is 0 Å². The van der Waals surface area contributed by atoms with Gasteiger partial charge in [0.2, 0.25) is 0 Å². The van der Waals surface area contributed by atoms with Gasteiger partial charge < -0.3 is 10.0 Å². The Morgan fingerprint density at radius 1 is 1.55 bits per heavy atom. The van der Waals surface area contributed by atoms with Gasteiger partial charge in [-0.05, 0) is 39.0 Å². The van der Waals surface area contributed by atoms with Gasteiger partial charge in [0.05, 0.1) is 16.3 Å². The number of β-amino-alcohol motifs (C(OH)–C–C–N with tert-alkyl or cyclic N) is 1. The predicted octanol–water partition coefficient (Wildman–Crippen LogP) is 2.64. The van der Waals surface area contributed by atoms with Crippen molar-refractivity contribution in [1.82, 2.24) is 9.88 Å². The van der Waals surface area contributed by atoms with Crippen LogP contribution in [0.2, 0.25) is 0 Å². The minimum Gasteiger partial charge on any atom is -0.388 e. The molecular formula is C15H24N2O2S. The van der Waals surface area contributed by atoms with E-state index in [1.807, 2.05) is 6.92 Å². The average Bonchev–Trinajstić information content (AvgIpc) is 2.67. The number of carbonyl (C=O) groups is 1. The van der Waals surface area contributed by atoms with Gasteiger partial charge in [-0.15, -0.1) is 11.3 Å². The summed E-state index contributed by atoms with van der Waals surface area (Å²) in [4.78, 5) is 19.7. The Bertz CT molecular complexity index is 494. The zero-order valence-corrected chi connectivity index (χ0v) is 13.6. The first-order chi connectivity index (χ1) is 9.28. The highest BCUT2D eigenvalue weighted by Crippen LogP contribution is 2.26. The molecule has 5 heteroatoms. The molecular weight excluding hydrogens is 272 g/mol. The largest absolute Gasteiger partial charge is 0.388 e. The molecule has 0 aliphatic carbocycles. The summed E-state index contributed by atoms with van der Waals surface area (Å²) in [5.74, 6) is 0.513. The van der Waals surface area contributed by atoms with Crippen LogP contribution in [0.5, 0.6) is 0 Å². The maximum atomic E-state index is 12.7. The molecule has 20 heavy (non-hydrogen) atoms.